The van der Waals surface area contributed by atoms with Gasteiger partial charge in [-0.05, 0) is 78.7 Å². The molecule has 0 radical (unpaired) electrons. The van der Waals surface area contributed by atoms with E-state index in [1.807, 2.05) is 12.1 Å². The third-order valence-corrected chi connectivity index (χ3v) is 6.00. The lowest BCUT2D eigenvalue weighted by atomic mass is 9.72. The summed E-state index contributed by atoms with van der Waals surface area (Å²) in [4.78, 5) is 20.0. The smallest absolute Gasteiger partial charge is 0.475 e. The van der Waals surface area contributed by atoms with Gasteiger partial charge in [0.1, 0.15) is 0 Å². The molecule has 32 heavy (non-hydrogen) atoms. The molecule has 0 aliphatic heterocycles. The predicted octanol–water partition coefficient (Wildman–Crippen LogP) is 6.23. The van der Waals surface area contributed by atoms with Gasteiger partial charge in [0.2, 0.25) is 5.91 Å². The first-order valence-corrected chi connectivity index (χ1v) is 10.7. The molecule has 1 saturated carbocycles. The van der Waals surface area contributed by atoms with Gasteiger partial charge in [-0.1, -0.05) is 50.2 Å². The molecule has 7 heteroatoms. The number of benzene rings is 2. The largest absolute Gasteiger partial charge is 0.490 e. The molecule has 0 atom stereocenters. The van der Waals surface area contributed by atoms with Gasteiger partial charge in [-0.15, -0.1) is 0 Å². The summed E-state index contributed by atoms with van der Waals surface area (Å²) in [5, 5.41) is 7.12. The lowest BCUT2D eigenvalue weighted by Crippen LogP contribution is -2.21. The third-order valence-electron chi connectivity index (χ3n) is 6.00. The van der Waals surface area contributed by atoms with Crippen LogP contribution in [0.5, 0.6) is 0 Å². The van der Waals surface area contributed by atoms with Gasteiger partial charge in [-0.25, -0.2) is 4.79 Å². The van der Waals surface area contributed by atoms with Crippen LogP contribution in [0.25, 0.3) is 11.1 Å². The zero-order valence-electron chi connectivity index (χ0n) is 18.4. The van der Waals surface area contributed by atoms with Crippen molar-refractivity contribution in [3.63, 3.8) is 0 Å². The van der Waals surface area contributed by atoms with Gasteiger partial charge in [-0.3, -0.25) is 4.79 Å². The molecule has 174 valence electrons. The van der Waals surface area contributed by atoms with Gasteiger partial charge >= 0.3 is 12.1 Å². The number of amides is 1. The molecular weight excluding hydrogens is 419 g/mol. The number of hydrogen-bond donors (Lipinski definition) is 2. The summed E-state index contributed by atoms with van der Waals surface area (Å²) in [6, 6.07) is 16.3. The highest BCUT2D eigenvalue weighted by molar-refractivity contribution is 5.93. The quantitative estimate of drug-likeness (QED) is 0.567. The van der Waals surface area contributed by atoms with Crippen molar-refractivity contribution in [2.45, 2.75) is 58.5 Å². The van der Waals surface area contributed by atoms with E-state index < -0.39 is 12.1 Å². The molecule has 3 rings (SSSR count). The van der Waals surface area contributed by atoms with Gasteiger partial charge in [0.15, 0.2) is 0 Å². The first-order chi connectivity index (χ1) is 14.9. The number of nitrogens with two attached hydrogens (primary N) is 1. The Hall–Kier alpha value is -2.83. The van der Waals surface area contributed by atoms with Crippen molar-refractivity contribution in [2.75, 3.05) is 0 Å². The highest BCUT2D eigenvalue weighted by atomic mass is 19.4. The highest BCUT2D eigenvalue weighted by Gasteiger charge is 2.38. The maximum absolute atomic E-state index is 11.2. The van der Waals surface area contributed by atoms with E-state index in [-0.39, 0.29) is 5.91 Å². The fourth-order valence-electron chi connectivity index (χ4n) is 3.81. The van der Waals surface area contributed by atoms with Gasteiger partial charge in [0, 0.05) is 5.56 Å². The van der Waals surface area contributed by atoms with Crippen LogP contribution < -0.4 is 5.73 Å². The van der Waals surface area contributed by atoms with Gasteiger partial charge in [-0.2, -0.15) is 13.2 Å². The highest BCUT2D eigenvalue weighted by Crippen LogP contribution is 2.39. The van der Waals surface area contributed by atoms with Crippen molar-refractivity contribution in [3.8, 4) is 11.1 Å². The second kappa shape index (κ2) is 10.7. The number of carbonyl (C=O) groups is 2. The van der Waals surface area contributed by atoms with Crippen LogP contribution in [-0.4, -0.2) is 23.2 Å². The topological polar surface area (TPSA) is 80.4 Å². The summed E-state index contributed by atoms with van der Waals surface area (Å²) < 4.78 is 31.7. The first kappa shape index (κ1) is 25.4. The zero-order chi connectivity index (χ0) is 23.9. The van der Waals surface area contributed by atoms with Crippen molar-refractivity contribution < 1.29 is 27.9 Å². The van der Waals surface area contributed by atoms with Crippen molar-refractivity contribution >= 4 is 11.9 Å². The standard InChI is InChI=1S/C23H29NO.C2HF3O2/c1-23(2)15-13-18(14-16-23)4-3-17-5-7-19(8-6-17)20-9-11-21(12-10-20)22(24)25;3-2(4,5)1(6)7/h5-12,18H,3-4,13-16H2,1-2H3,(H2,24,25);(H,6,7). The molecule has 3 N–H and O–H groups in total. The molecule has 2 aromatic rings. The Balaban J connectivity index is 0.000000451. The Kier molecular flexibility index (Phi) is 8.47. The Bertz CT molecular complexity index is 894. The van der Waals surface area contributed by atoms with Crippen LogP contribution in [0.3, 0.4) is 0 Å². The molecule has 0 aromatic heterocycles. The molecule has 2 aromatic carbocycles. The number of primary amides is 1. The van der Waals surface area contributed by atoms with Crippen molar-refractivity contribution in [1.29, 1.82) is 0 Å². The summed E-state index contributed by atoms with van der Waals surface area (Å²) >= 11 is 0. The number of rotatable bonds is 5. The van der Waals surface area contributed by atoms with Crippen LogP contribution in [0.15, 0.2) is 48.5 Å². The van der Waals surface area contributed by atoms with E-state index in [1.54, 1.807) is 12.1 Å². The Morgan fingerprint density at radius 3 is 1.81 bits per heavy atom. The number of carbonyl (C=O) groups excluding carboxylic acids is 1. The second-order valence-corrected chi connectivity index (χ2v) is 9.09. The minimum absolute atomic E-state index is 0.381. The fraction of sp³-hybridized carbons (Fsp3) is 0.440. The molecule has 0 saturated heterocycles. The van der Waals surface area contributed by atoms with Crippen LogP contribution in [0, 0.1) is 11.3 Å². The van der Waals surface area contributed by atoms with Crippen molar-refractivity contribution in [3.05, 3.63) is 59.7 Å². The predicted molar refractivity (Wildman–Crippen MR) is 118 cm³/mol. The normalized spacial score (nSPS) is 16.0. The molecule has 0 bridgehead atoms. The lowest BCUT2D eigenvalue weighted by Gasteiger charge is -2.34. The minimum Gasteiger partial charge on any atom is -0.475 e. The molecule has 0 unspecified atom stereocenters. The van der Waals surface area contributed by atoms with Crippen molar-refractivity contribution in [2.24, 2.45) is 17.1 Å². The Labute approximate surface area is 186 Å². The first-order valence-electron chi connectivity index (χ1n) is 10.7. The van der Waals surface area contributed by atoms with Gasteiger partial charge < -0.3 is 10.8 Å². The summed E-state index contributed by atoms with van der Waals surface area (Å²) in [7, 11) is 0. The van der Waals surface area contributed by atoms with E-state index >= 15 is 0 Å². The van der Waals surface area contributed by atoms with E-state index in [0.29, 0.717) is 11.0 Å². The summed E-state index contributed by atoms with van der Waals surface area (Å²) in [5.41, 5.74) is 10.1. The maximum atomic E-state index is 11.2. The molecule has 0 spiro atoms. The molecule has 1 fully saturated rings. The van der Waals surface area contributed by atoms with Crippen LogP contribution in [0.1, 0.15) is 61.9 Å². The molecule has 1 aliphatic carbocycles. The third kappa shape index (κ3) is 8.02. The number of aryl methyl sites for hydroxylation is 1. The summed E-state index contributed by atoms with van der Waals surface area (Å²) in [5.74, 6) is -2.24. The number of hydrogen-bond acceptors (Lipinski definition) is 2. The summed E-state index contributed by atoms with van der Waals surface area (Å²) in [6.07, 6.45) is 2.92. The number of carboxylic acids is 1. The Morgan fingerprint density at radius 2 is 1.41 bits per heavy atom. The van der Waals surface area contributed by atoms with E-state index in [2.05, 4.69) is 38.1 Å². The number of carboxylic acid groups (broad SMARTS) is 1. The lowest BCUT2D eigenvalue weighted by molar-refractivity contribution is -0.192. The monoisotopic (exact) mass is 449 g/mol. The average Bonchev–Trinajstić information content (AvgIpc) is 2.73. The average molecular weight is 450 g/mol. The van der Waals surface area contributed by atoms with E-state index in [1.165, 1.54) is 49.7 Å². The maximum Gasteiger partial charge on any atom is 0.490 e. The second-order valence-electron chi connectivity index (χ2n) is 9.09. The molecular formula is C25H30F3NO3. The number of halogens is 3. The van der Waals surface area contributed by atoms with Gasteiger partial charge in [0.25, 0.3) is 0 Å². The summed E-state index contributed by atoms with van der Waals surface area (Å²) in [6.45, 7) is 4.80. The molecule has 0 heterocycles. The zero-order valence-corrected chi connectivity index (χ0v) is 18.4. The molecule has 1 aliphatic rings. The number of alkyl halides is 3. The number of aliphatic carboxylic acids is 1. The van der Waals surface area contributed by atoms with Crippen LogP contribution >= 0.6 is 0 Å². The van der Waals surface area contributed by atoms with Crippen LogP contribution in [-0.2, 0) is 11.2 Å². The SMILES string of the molecule is CC1(C)CCC(CCc2ccc(-c3ccc(C(N)=O)cc3)cc2)CC1.O=C(O)C(F)(F)F. The van der Waals surface area contributed by atoms with Crippen LogP contribution in [0.4, 0.5) is 13.2 Å². The van der Waals surface area contributed by atoms with E-state index in [4.69, 9.17) is 15.6 Å². The molecule has 1 amide bonds. The van der Waals surface area contributed by atoms with E-state index in [0.717, 1.165) is 11.5 Å². The van der Waals surface area contributed by atoms with Gasteiger partial charge in [0.05, 0.1) is 0 Å². The minimum atomic E-state index is -5.08. The fourth-order valence-corrected chi connectivity index (χ4v) is 3.81. The van der Waals surface area contributed by atoms with Crippen molar-refractivity contribution in [1.82, 2.24) is 0 Å². The molecule has 4 nitrogen and oxygen atoms in total. The Morgan fingerprint density at radius 1 is 0.969 bits per heavy atom. The van der Waals surface area contributed by atoms with E-state index in [9.17, 15) is 18.0 Å². The van der Waals surface area contributed by atoms with Crippen LogP contribution in [0.2, 0.25) is 0 Å².